The molecule has 2 unspecified atom stereocenters. The lowest BCUT2D eigenvalue weighted by atomic mass is 9.98. The van der Waals surface area contributed by atoms with Crippen LogP contribution in [0.4, 0.5) is 0 Å². The maximum absolute atomic E-state index is 4.10. The van der Waals surface area contributed by atoms with E-state index in [-0.39, 0.29) is 0 Å². The Morgan fingerprint density at radius 1 is 1.18 bits per heavy atom. The average Bonchev–Trinajstić information content (AvgIpc) is 2.60. The molecule has 0 bridgehead atoms. The molecule has 0 nitrogen and oxygen atoms in total. The van der Waals surface area contributed by atoms with E-state index in [1.807, 2.05) is 13.8 Å². The van der Waals surface area contributed by atoms with E-state index in [0.29, 0.717) is 0 Å². The first kappa shape index (κ1) is 8.83. The zero-order valence-electron chi connectivity index (χ0n) is 7.90. The molecule has 0 aliphatic heterocycles. The monoisotopic (exact) mass is 152 g/mol. The molecule has 2 atom stereocenters. The van der Waals surface area contributed by atoms with Crippen LogP contribution in [0.1, 0.15) is 46.0 Å². The lowest BCUT2D eigenvalue weighted by Gasteiger charge is -2.07. The largest absolute Gasteiger partial charge is 0.0996 e. The smallest absolute Gasteiger partial charge is 0.0177 e. The molecule has 0 aromatic rings. The van der Waals surface area contributed by atoms with Crippen molar-refractivity contribution in [2.75, 3.05) is 0 Å². The highest BCUT2D eigenvalue weighted by Gasteiger charge is 2.33. The highest BCUT2D eigenvalue weighted by atomic mass is 14.4. The molecule has 2 aliphatic rings. The molecule has 0 heteroatoms. The molecule has 0 saturated heterocycles. The molecule has 0 heterocycles. The summed E-state index contributed by atoms with van der Waals surface area (Å²) in [6.45, 7) is 8.10. The topological polar surface area (TPSA) is 0 Å². The van der Waals surface area contributed by atoms with Gasteiger partial charge in [0.1, 0.15) is 0 Å². The van der Waals surface area contributed by atoms with E-state index in [0.717, 1.165) is 11.8 Å². The zero-order chi connectivity index (χ0) is 8.27. The van der Waals surface area contributed by atoms with Crippen molar-refractivity contribution in [1.29, 1.82) is 0 Å². The molecule has 0 aromatic heterocycles. The van der Waals surface area contributed by atoms with Gasteiger partial charge in [-0.05, 0) is 37.5 Å². The summed E-state index contributed by atoms with van der Waals surface area (Å²) in [6, 6.07) is 0. The molecule has 0 aromatic carbocycles. The van der Waals surface area contributed by atoms with E-state index < -0.39 is 0 Å². The van der Waals surface area contributed by atoms with E-state index in [1.165, 1.54) is 32.1 Å². The molecule has 11 heavy (non-hydrogen) atoms. The van der Waals surface area contributed by atoms with E-state index >= 15 is 0 Å². The summed E-state index contributed by atoms with van der Waals surface area (Å²) >= 11 is 0. The van der Waals surface area contributed by atoms with Gasteiger partial charge in [0.25, 0.3) is 0 Å². The summed E-state index contributed by atoms with van der Waals surface area (Å²) < 4.78 is 0. The zero-order valence-corrected chi connectivity index (χ0v) is 7.90. The first-order valence-electron chi connectivity index (χ1n) is 5.05. The van der Waals surface area contributed by atoms with Crippen LogP contribution < -0.4 is 0 Å². The average molecular weight is 152 g/mol. The molecule has 0 amide bonds. The molecule has 0 spiro atoms. The van der Waals surface area contributed by atoms with Gasteiger partial charge in [-0.1, -0.05) is 32.4 Å². The van der Waals surface area contributed by atoms with E-state index in [9.17, 15) is 0 Å². The fourth-order valence-corrected chi connectivity index (χ4v) is 2.48. The van der Waals surface area contributed by atoms with Crippen LogP contribution in [-0.2, 0) is 0 Å². The number of hydrogen-bond donors (Lipinski definition) is 0. The third-order valence-electron chi connectivity index (χ3n) is 3.02. The Labute approximate surface area is 70.7 Å². The molecule has 64 valence electrons. The van der Waals surface area contributed by atoms with Crippen LogP contribution in [0.5, 0.6) is 0 Å². The standard InChI is InChI=1S/C9H14.C2H6/c1-7-5-6-8-3-2-4-9(7)8;1-2/h8-9H,1-6H2;1-2H3. The predicted octanol–water partition coefficient (Wildman–Crippen LogP) is 3.78. The Morgan fingerprint density at radius 2 is 1.91 bits per heavy atom. The summed E-state index contributed by atoms with van der Waals surface area (Å²) in [5.41, 5.74) is 1.55. The van der Waals surface area contributed by atoms with Crippen molar-refractivity contribution >= 4 is 0 Å². The Kier molecular flexibility index (Phi) is 3.16. The van der Waals surface area contributed by atoms with Gasteiger partial charge in [0.2, 0.25) is 0 Å². The Balaban J connectivity index is 0.000000281. The van der Waals surface area contributed by atoms with Gasteiger partial charge in [-0.15, -0.1) is 0 Å². The second kappa shape index (κ2) is 3.94. The minimum absolute atomic E-state index is 0.949. The first-order chi connectivity index (χ1) is 5.38. The van der Waals surface area contributed by atoms with E-state index in [1.54, 1.807) is 5.57 Å². The summed E-state index contributed by atoms with van der Waals surface area (Å²) in [6.07, 6.45) is 7.18. The van der Waals surface area contributed by atoms with Crippen molar-refractivity contribution in [3.05, 3.63) is 12.2 Å². The van der Waals surface area contributed by atoms with Crippen molar-refractivity contribution in [2.24, 2.45) is 11.8 Å². The van der Waals surface area contributed by atoms with E-state index in [4.69, 9.17) is 0 Å². The summed E-state index contributed by atoms with van der Waals surface area (Å²) in [5, 5.41) is 0. The van der Waals surface area contributed by atoms with Crippen LogP contribution in [0.15, 0.2) is 12.2 Å². The van der Waals surface area contributed by atoms with Gasteiger partial charge in [-0.2, -0.15) is 0 Å². The quantitative estimate of drug-likeness (QED) is 0.463. The third kappa shape index (κ3) is 1.66. The van der Waals surface area contributed by atoms with Crippen LogP contribution in [0.25, 0.3) is 0 Å². The molecule has 2 fully saturated rings. The van der Waals surface area contributed by atoms with Crippen molar-refractivity contribution in [1.82, 2.24) is 0 Å². The molecule has 2 rings (SSSR count). The maximum Gasteiger partial charge on any atom is -0.0177 e. The molecule has 0 radical (unpaired) electrons. The van der Waals surface area contributed by atoms with Crippen molar-refractivity contribution in [3.63, 3.8) is 0 Å². The van der Waals surface area contributed by atoms with Crippen LogP contribution >= 0.6 is 0 Å². The molecule has 2 aliphatic carbocycles. The molecular formula is C11H20. The molecule has 2 saturated carbocycles. The van der Waals surface area contributed by atoms with Crippen molar-refractivity contribution in [3.8, 4) is 0 Å². The first-order valence-corrected chi connectivity index (χ1v) is 5.05. The number of allylic oxidation sites excluding steroid dienone is 1. The van der Waals surface area contributed by atoms with Crippen LogP contribution in [0.3, 0.4) is 0 Å². The predicted molar refractivity (Wildman–Crippen MR) is 50.6 cm³/mol. The van der Waals surface area contributed by atoms with E-state index in [2.05, 4.69) is 6.58 Å². The summed E-state index contributed by atoms with van der Waals surface area (Å²) in [7, 11) is 0. The Bertz CT molecular complexity index is 135. The maximum atomic E-state index is 4.10. The highest BCUT2D eigenvalue weighted by Crippen LogP contribution is 2.46. The van der Waals surface area contributed by atoms with Crippen LogP contribution in [0, 0.1) is 11.8 Å². The lowest BCUT2D eigenvalue weighted by molar-refractivity contribution is 0.491. The fourth-order valence-electron chi connectivity index (χ4n) is 2.48. The minimum atomic E-state index is 0.949. The van der Waals surface area contributed by atoms with Gasteiger partial charge >= 0.3 is 0 Å². The number of rotatable bonds is 0. The van der Waals surface area contributed by atoms with Gasteiger partial charge < -0.3 is 0 Å². The van der Waals surface area contributed by atoms with Gasteiger partial charge in [-0.25, -0.2) is 0 Å². The Hall–Kier alpha value is -0.260. The fraction of sp³-hybridized carbons (Fsp3) is 0.818. The van der Waals surface area contributed by atoms with Gasteiger partial charge in [-0.3, -0.25) is 0 Å². The van der Waals surface area contributed by atoms with Crippen molar-refractivity contribution < 1.29 is 0 Å². The minimum Gasteiger partial charge on any atom is -0.0996 e. The van der Waals surface area contributed by atoms with Gasteiger partial charge in [0.05, 0.1) is 0 Å². The van der Waals surface area contributed by atoms with Crippen LogP contribution in [-0.4, -0.2) is 0 Å². The number of hydrogen-bond acceptors (Lipinski definition) is 0. The SMILES string of the molecule is C=C1CCC2CCCC12.CC. The Morgan fingerprint density at radius 3 is 2.55 bits per heavy atom. The molecular weight excluding hydrogens is 132 g/mol. The van der Waals surface area contributed by atoms with Crippen molar-refractivity contribution in [2.45, 2.75) is 46.0 Å². The second-order valence-corrected chi connectivity index (χ2v) is 3.49. The highest BCUT2D eigenvalue weighted by molar-refractivity contribution is 5.10. The van der Waals surface area contributed by atoms with Crippen LogP contribution in [0.2, 0.25) is 0 Å². The lowest BCUT2D eigenvalue weighted by Crippen LogP contribution is -1.97. The number of fused-ring (bicyclic) bond motifs is 1. The summed E-state index contributed by atoms with van der Waals surface area (Å²) in [5.74, 6) is 2.00. The second-order valence-electron chi connectivity index (χ2n) is 3.49. The van der Waals surface area contributed by atoms with Gasteiger partial charge in [0, 0.05) is 0 Å². The summed E-state index contributed by atoms with van der Waals surface area (Å²) in [4.78, 5) is 0. The molecule has 0 N–H and O–H groups in total. The normalized spacial score (nSPS) is 34.5. The van der Waals surface area contributed by atoms with Gasteiger partial charge in [0.15, 0.2) is 0 Å². The third-order valence-corrected chi connectivity index (χ3v) is 3.02.